The number of carboxylic acids is 1. The van der Waals surface area contributed by atoms with E-state index >= 15 is 0 Å². The van der Waals surface area contributed by atoms with E-state index in [1.54, 1.807) is 4.90 Å². The van der Waals surface area contributed by atoms with Gasteiger partial charge in [-0.15, -0.1) is 0 Å². The van der Waals surface area contributed by atoms with E-state index in [-0.39, 0.29) is 24.7 Å². The number of urea groups is 1. The van der Waals surface area contributed by atoms with Gasteiger partial charge in [-0.3, -0.25) is 4.79 Å². The van der Waals surface area contributed by atoms with E-state index in [4.69, 9.17) is 9.84 Å². The second kappa shape index (κ2) is 5.56. The lowest BCUT2D eigenvalue weighted by molar-refractivity contribution is -0.142. The fourth-order valence-electron chi connectivity index (χ4n) is 2.23. The predicted octanol–water partition coefficient (Wildman–Crippen LogP) is 0.670. The van der Waals surface area contributed by atoms with Crippen LogP contribution in [0.5, 0.6) is 0 Å². The highest BCUT2D eigenvalue weighted by molar-refractivity contribution is 5.77. The Morgan fingerprint density at radius 3 is 2.67 bits per heavy atom. The standard InChI is InChI=1S/C12H20N2O4/c1-2-5-14(12(17)13-8-3-4-8)10-7-18-6-9(10)11(15)16/h8-10H,2-7H2,1H3,(H,13,17)(H,15,16). The van der Waals surface area contributed by atoms with Crippen molar-refractivity contribution in [3.8, 4) is 0 Å². The maximum atomic E-state index is 12.1. The molecular weight excluding hydrogens is 236 g/mol. The van der Waals surface area contributed by atoms with E-state index in [0.29, 0.717) is 13.2 Å². The Kier molecular flexibility index (Phi) is 4.06. The fraction of sp³-hybridized carbons (Fsp3) is 0.833. The molecule has 2 aliphatic rings. The molecule has 2 atom stereocenters. The van der Waals surface area contributed by atoms with Crippen LogP contribution in [0.25, 0.3) is 0 Å². The van der Waals surface area contributed by atoms with Gasteiger partial charge in [0.2, 0.25) is 0 Å². The third-order valence-corrected chi connectivity index (χ3v) is 3.40. The van der Waals surface area contributed by atoms with Gasteiger partial charge < -0.3 is 20.1 Å². The smallest absolute Gasteiger partial charge is 0.317 e. The first-order valence-electron chi connectivity index (χ1n) is 6.51. The Morgan fingerprint density at radius 2 is 2.11 bits per heavy atom. The van der Waals surface area contributed by atoms with Crippen molar-refractivity contribution < 1.29 is 19.4 Å². The molecule has 1 saturated carbocycles. The van der Waals surface area contributed by atoms with Gasteiger partial charge in [0.25, 0.3) is 0 Å². The van der Waals surface area contributed by atoms with E-state index in [0.717, 1.165) is 19.3 Å². The van der Waals surface area contributed by atoms with Gasteiger partial charge in [-0.2, -0.15) is 0 Å². The molecule has 1 aliphatic carbocycles. The predicted molar refractivity (Wildman–Crippen MR) is 64.3 cm³/mol. The molecule has 2 unspecified atom stereocenters. The van der Waals surface area contributed by atoms with Gasteiger partial charge in [0.15, 0.2) is 0 Å². The van der Waals surface area contributed by atoms with Gasteiger partial charge in [-0.1, -0.05) is 6.92 Å². The number of ether oxygens (including phenoxy) is 1. The zero-order chi connectivity index (χ0) is 13.1. The van der Waals surface area contributed by atoms with Gasteiger partial charge >= 0.3 is 12.0 Å². The topological polar surface area (TPSA) is 78.9 Å². The van der Waals surface area contributed by atoms with Crippen molar-refractivity contribution in [2.24, 2.45) is 5.92 Å². The average molecular weight is 256 g/mol. The van der Waals surface area contributed by atoms with Crippen LogP contribution in [0.15, 0.2) is 0 Å². The van der Waals surface area contributed by atoms with E-state index in [1.165, 1.54) is 0 Å². The van der Waals surface area contributed by atoms with Crippen molar-refractivity contribution in [3.63, 3.8) is 0 Å². The summed E-state index contributed by atoms with van der Waals surface area (Å²) in [5.74, 6) is -1.50. The number of hydrogen-bond acceptors (Lipinski definition) is 3. The van der Waals surface area contributed by atoms with Crippen molar-refractivity contribution in [1.82, 2.24) is 10.2 Å². The van der Waals surface area contributed by atoms with Crippen molar-refractivity contribution in [2.45, 2.75) is 38.3 Å². The SMILES string of the molecule is CCCN(C(=O)NC1CC1)C1COCC1C(=O)O. The van der Waals surface area contributed by atoms with Gasteiger partial charge in [-0.25, -0.2) is 4.79 Å². The molecule has 2 fully saturated rings. The first kappa shape index (κ1) is 13.1. The molecule has 102 valence electrons. The summed E-state index contributed by atoms with van der Waals surface area (Å²) in [7, 11) is 0. The van der Waals surface area contributed by atoms with Crippen molar-refractivity contribution >= 4 is 12.0 Å². The lowest BCUT2D eigenvalue weighted by Crippen LogP contribution is -2.51. The van der Waals surface area contributed by atoms with Crippen molar-refractivity contribution in [3.05, 3.63) is 0 Å². The van der Waals surface area contributed by atoms with Crippen LogP contribution >= 0.6 is 0 Å². The summed E-state index contributed by atoms with van der Waals surface area (Å²) in [5, 5.41) is 12.1. The van der Waals surface area contributed by atoms with E-state index in [1.807, 2.05) is 6.92 Å². The number of hydrogen-bond donors (Lipinski definition) is 2. The fourth-order valence-corrected chi connectivity index (χ4v) is 2.23. The highest BCUT2D eigenvalue weighted by atomic mass is 16.5. The van der Waals surface area contributed by atoms with E-state index in [2.05, 4.69) is 5.32 Å². The maximum Gasteiger partial charge on any atom is 0.317 e. The zero-order valence-corrected chi connectivity index (χ0v) is 10.6. The molecule has 0 bridgehead atoms. The van der Waals surface area contributed by atoms with Crippen LogP contribution < -0.4 is 5.32 Å². The Balaban J connectivity index is 2.02. The van der Waals surface area contributed by atoms with Crippen LogP contribution in [0.3, 0.4) is 0 Å². The Morgan fingerprint density at radius 1 is 1.39 bits per heavy atom. The van der Waals surface area contributed by atoms with Crippen LogP contribution in [0.4, 0.5) is 4.79 Å². The van der Waals surface area contributed by atoms with Crippen LogP contribution in [0.1, 0.15) is 26.2 Å². The molecule has 2 N–H and O–H groups in total. The average Bonchev–Trinajstić information content (AvgIpc) is 2.99. The summed E-state index contributed by atoms with van der Waals surface area (Å²) in [6, 6.07) is -0.218. The molecule has 0 aromatic rings. The number of carbonyl (C=O) groups excluding carboxylic acids is 1. The molecule has 0 spiro atoms. The van der Waals surface area contributed by atoms with Crippen LogP contribution in [0, 0.1) is 5.92 Å². The van der Waals surface area contributed by atoms with Crippen molar-refractivity contribution in [2.75, 3.05) is 19.8 Å². The summed E-state index contributed by atoms with van der Waals surface area (Å²) in [4.78, 5) is 24.9. The lowest BCUT2D eigenvalue weighted by atomic mass is 10.0. The van der Waals surface area contributed by atoms with Crippen LogP contribution in [-0.4, -0.2) is 53.8 Å². The van der Waals surface area contributed by atoms with Gasteiger partial charge in [0.1, 0.15) is 5.92 Å². The Labute approximate surface area is 106 Å². The Hall–Kier alpha value is -1.30. The van der Waals surface area contributed by atoms with E-state index in [9.17, 15) is 9.59 Å². The molecule has 1 saturated heterocycles. The highest BCUT2D eigenvalue weighted by Gasteiger charge is 2.40. The summed E-state index contributed by atoms with van der Waals surface area (Å²) < 4.78 is 5.23. The summed E-state index contributed by atoms with van der Waals surface area (Å²) in [5.41, 5.74) is 0. The maximum absolute atomic E-state index is 12.1. The molecule has 1 aliphatic heterocycles. The molecule has 2 amide bonds. The van der Waals surface area contributed by atoms with Gasteiger partial charge in [0.05, 0.1) is 19.3 Å². The molecule has 1 heterocycles. The van der Waals surface area contributed by atoms with Gasteiger partial charge in [0, 0.05) is 12.6 Å². The minimum atomic E-state index is -0.891. The minimum absolute atomic E-state index is 0.152. The molecule has 6 nitrogen and oxygen atoms in total. The molecule has 0 aromatic heterocycles. The molecule has 0 radical (unpaired) electrons. The zero-order valence-electron chi connectivity index (χ0n) is 10.6. The second-order valence-corrected chi connectivity index (χ2v) is 4.97. The third-order valence-electron chi connectivity index (χ3n) is 3.40. The Bertz CT molecular complexity index is 330. The number of aliphatic carboxylic acids is 1. The molecule has 2 rings (SSSR count). The molecule has 18 heavy (non-hydrogen) atoms. The molecular formula is C12H20N2O4. The first-order chi connectivity index (χ1) is 8.63. The van der Waals surface area contributed by atoms with E-state index < -0.39 is 11.9 Å². The number of carbonyl (C=O) groups is 2. The largest absolute Gasteiger partial charge is 0.481 e. The number of nitrogens with zero attached hydrogens (tertiary/aromatic N) is 1. The van der Waals surface area contributed by atoms with Crippen LogP contribution in [0.2, 0.25) is 0 Å². The van der Waals surface area contributed by atoms with Crippen molar-refractivity contribution in [1.29, 1.82) is 0 Å². The van der Waals surface area contributed by atoms with Gasteiger partial charge in [-0.05, 0) is 19.3 Å². The molecule has 0 aromatic carbocycles. The lowest BCUT2D eigenvalue weighted by Gasteiger charge is -2.30. The normalized spacial score (nSPS) is 26.9. The molecule has 6 heteroatoms. The minimum Gasteiger partial charge on any atom is -0.481 e. The summed E-state index contributed by atoms with van der Waals surface area (Å²) in [6.45, 7) is 3.05. The summed E-state index contributed by atoms with van der Waals surface area (Å²) >= 11 is 0. The number of rotatable bonds is 5. The number of carboxylic acid groups (broad SMARTS) is 1. The first-order valence-corrected chi connectivity index (χ1v) is 6.51. The second-order valence-electron chi connectivity index (χ2n) is 4.97. The monoisotopic (exact) mass is 256 g/mol. The van der Waals surface area contributed by atoms with Crippen LogP contribution in [-0.2, 0) is 9.53 Å². The highest BCUT2D eigenvalue weighted by Crippen LogP contribution is 2.23. The quantitative estimate of drug-likeness (QED) is 0.757. The third kappa shape index (κ3) is 2.93. The number of amides is 2. The summed E-state index contributed by atoms with van der Waals surface area (Å²) in [6.07, 6.45) is 2.85. The number of nitrogens with one attached hydrogen (secondary N) is 1.